The van der Waals surface area contributed by atoms with Gasteiger partial charge in [0, 0.05) is 25.4 Å². The van der Waals surface area contributed by atoms with Crippen molar-refractivity contribution in [3.8, 4) is 11.1 Å². The fraction of sp³-hybridized carbons (Fsp3) is 0.500. The van der Waals surface area contributed by atoms with Crippen LogP contribution in [0.2, 0.25) is 0 Å². The Bertz CT molecular complexity index is 1030. The molecule has 4 atom stereocenters. The average molecular weight is 548 g/mol. The topological polar surface area (TPSA) is 65.1 Å². The van der Waals surface area contributed by atoms with Crippen LogP contribution in [0.5, 0.6) is 0 Å². The molecule has 198 valence electrons. The first kappa shape index (κ1) is 31.3. The largest absolute Gasteiger partial charge is 1.00 e. The van der Waals surface area contributed by atoms with Crippen molar-refractivity contribution in [2.24, 2.45) is 5.92 Å². The van der Waals surface area contributed by atoms with Gasteiger partial charge in [0.2, 0.25) is 0 Å². The quantitative estimate of drug-likeness (QED) is 0.166. The van der Waals surface area contributed by atoms with Gasteiger partial charge in [-0.3, -0.25) is 9.69 Å². The first-order valence-electron chi connectivity index (χ1n) is 13.4. The summed E-state index contributed by atoms with van der Waals surface area (Å²) >= 11 is 0. The van der Waals surface area contributed by atoms with E-state index < -0.39 is 8.03 Å². The smallest absolute Gasteiger partial charge is 0.379 e. The number of hydrogen-bond acceptors (Lipinski definition) is 6. The van der Waals surface area contributed by atoms with Crippen LogP contribution in [0, 0.1) is 5.92 Å². The molecule has 1 heterocycles. The van der Waals surface area contributed by atoms with Gasteiger partial charge in [-0.05, 0) is 46.9 Å². The van der Waals surface area contributed by atoms with E-state index in [1.807, 2.05) is 18.2 Å². The SMILES string of the molecule is C[P+](=O)OCCC/C=C/CC[C@H]1[C@@H](OCc2ccc(-c3ccccc3)cc2)CC(=O)[C@@H]1N1CCOCC1.[Na+]. The molecule has 6 nitrogen and oxygen atoms in total. The van der Waals surface area contributed by atoms with Crippen LogP contribution in [-0.2, 0) is 30.0 Å². The third-order valence-corrected chi connectivity index (χ3v) is 7.75. The van der Waals surface area contributed by atoms with E-state index in [0.29, 0.717) is 38.6 Å². The zero-order chi connectivity index (χ0) is 25.9. The fourth-order valence-electron chi connectivity index (χ4n) is 5.31. The number of Topliss-reactive ketones (excluding diaryl/α,β-unsaturated/α-hetero) is 1. The number of hydrogen-bond donors (Lipinski definition) is 0. The standard InChI is InChI=1S/C30H39NO5P.Na/c1-37(33)36-19-9-4-2-3-8-12-27-29(22-28(32)30(27)31-17-20-34-21-18-31)35-23-24-13-15-26(16-14-24)25-10-6-5-7-11-25;/h2-3,5-7,10-11,13-16,27,29-30H,4,8-9,12,17-23H2,1H3;/q2*+1/b3-2+;/t27-,29-,30+;/m0./s1. The molecule has 1 aliphatic heterocycles. The summed E-state index contributed by atoms with van der Waals surface area (Å²) < 4.78 is 28.1. The van der Waals surface area contributed by atoms with Crippen molar-refractivity contribution in [2.45, 2.75) is 50.9 Å². The van der Waals surface area contributed by atoms with Gasteiger partial charge in [-0.2, -0.15) is 0 Å². The number of allylic oxidation sites excluding steroid dienone is 2. The number of nitrogens with zero attached hydrogens (tertiary/aromatic N) is 1. The van der Waals surface area contributed by atoms with E-state index in [1.54, 1.807) is 6.66 Å². The Morgan fingerprint density at radius 2 is 1.68 bits per heavy atom. The van der Waals surface area contributed by atoms with Crippen molar-refractivity contribution in [2.75, 3.05) is 39.6 Å². The molecule has 1 saturated carbocycles. The Hall–Kier alpha value is -1.21. The van der Waals surface area contributed by atoms with Crippen molar-refractivity contribution in [1.82, 2.24) is 4.90 Å². The van der Waals surface area contributed by atoms with Gasteiger partial charge in [-0.25, -0.2) is 0 Å². The van der Waals surface area contributed by atoms with Gasteiger partial charge < -0.3 is 9.47 Å². The minimum Gasteiger partial charge on any atom is -0.379 e. The molecule has 2 aromatic carbocycles. The summed E-state index contributed by atoms with van der Waals surface area (Å²) in [6.07, 6.45) is 8.35. The number of ether oxygens (including phenoxy) is 2. The maximum atomic E-state index is 13.2. The molecule has 0 bridgehead atoms. The predicted octanol–water partition coefficient (Wildman–Crippen LogP) is 3.04. The number of rotatable bonds is 13. The van der Waals surface area contributed by atoms with Crippen molar-refractivity contribution in [3.05, 3.63) is 72.3 Å². The predicted molar refractivity (Wildman–Crippen MR) is 147 cm³/mol. The number of morpholine rings is 1. The van der Waals surface area contributed by atoms with Gasteiger partial charge in [-0.1, -0.05) is 66.7 Å². The Labute approximate surface area is 250 Å². The number of carbonyl (C=O) groups excluding carboxylic acids is 1. The van der Waals surface area contributed by atoms with Gasteiger partial charge in [0.15, 0.2) is 12.4 Å². The van der Waals surface area contributed by atoms with Crippen LogP contribution >= 0.6 is 8.03 Å². The maximum absolute atomic E-state index is 13.2. The van der Waals surface area contributed by atoms with Crippen LogP contribution in [0.15, 0.2) is 66.7 Å². The molecule has 1 aliphatic carbocycles. The Balaban J connectivity index is 0.00000400. The van der Waals surface area contributed by atoms with Crippen LogP contribution < -0.4 is 29.6 Å². The summed E-state index contributed by atoms with van der Waals surface area (Å²) in [4.78, 5) is 15.5. The minimum atomic E-state index is -1.52. The number of benzene rings is 2. The molecular weight excluding hydrogens is 508 g/mol. The Morgan fingerprint density at radius 1 is 1.00 bits per heavy atom. The average Bonchev–Trinajstić information content (AvgIpc) is 3.24. The summed E-state index contributed by atoms with van der Waals surface area (Å²) in [6, 6.07) is 18.8. The summed E-state index contributed by atoms with van der Waals surface area (Å²) in [6.45, 7) is 5.58. The molecule has 2 aliphatic rings. The molecule has 0 radical (unpaired) electrons. The van der Waals surface area contributed by atoms with E-state index in [0.717, 1.165) is 44.3 Å². The molecule has 0 aromatic heterocycles. The minimum absolute atomic E-state index is 0. The molecule has 2 fully saturated rings. The molecule has 2 aromatic rings. The van der Waals surface area contributed by atoms with Crippen molar-refractivity contribution < 1.29 is 52.9 Å². The molecule has 0 N–H and O–H groups in total. The van der Waals surface area contributed by atoms with Gasteiger partial charge in [0.25, 0.3) is 0 Å². The second-order valence-electron chi connectivity index (χ2n) is 9.80. The molecular formula is C30H39NNaO5P+2. The summed E-state index contributed by atoms with van der Waals surface area (Å²) in [7, 11) is -1.52. The Kier molecular flexibility index (Phi) is 13.8. The van der Waals surface area contributed by atoms with E-state index in [-0.39, 0.29) is 47.6 Å². The molecule has 1 saturated heterocycles. The molecule has 4 rings (SSSR count). The van der Waals surface area contributed by atoms with E-state index >= 15 is 0 Å². The number of unbranched alkanes of at least 4 members (excludes halogenated alkanes) is 1. The zero-order valence-corrected chi connectivity index (χ0v) is 25.7. The van der Waals surface area contributed by atoms with Crippen LogP contribution in [0.1, 0.15) is 37.7 Å². The van der Waals surface area contributed by atoms with Crippen LogP contribution in [0.25, 0.3) is 11.1 Å². The normalized spacial score (nSPS) is 22.5. The van der Waals surface area contributed by atoms with Crippen LogP contribution in [0.4, 0.5) is 0 Å². The number of carbonyl (C=O) groups is 1. The second-order valence-corrected chi connectivity index (χ2v) is 10.9. The maximum Gasteiger partial charge on any atom is 1.00 e. The van der Waals surface area contributed by atoms with Gasteiger partial charge in [-0.15, -0.1) is 4.52 Å². The van der Waals surface area contributed by atoms with Gasteiger partial charge in [0.05, 0.1) is 32.0 Å². The van der Waals surface area contributed by atoms with Crippen LogP contribution in [-0.4, -0.2) is 62.4 Å². The van der Waals surface area contributed by atoms with E-state index in [1.165, 1.54) is 11.1 Å². The molecule has 8 heteroatoms. The van der Waals surface area contributed by atoms with Crippen molar-refractivity contribution >= 4 is 13.8 Å². The third kappa shape index (κ3) is 9.46. The zero-order valence-electron chi connectivity index (χ0n) is 22.8. The molecule has 1 unspecified atom stereocenters. The van der Waals surface area contributed by atoms with E-state index in [9.17, 15) is 9.36 Å². The molecule has 38 heavy (non-hydrogen) atoms. The molecule has 0 amide bonds. The van der Waals surface area contributed by atoms with E-state index in [4.69, 9.17) is 14.0 Å². The second kappa shape index (κ2) is 16.8. The van der Waals surface area contributed by atoms with Crippen molar-refractivity contribution in [3.63, 3.8) is 0 Å². The number of ketones is 1. The summed E-state index contributed by atoms with van der Waals surface area (Å²) in [5.74, 6) is 0.470. The van der Waals surface area contributed by atoms with Gasteiger partial charge >= 0.3 is 37.6 Å². The van der Waals surface area contributed by atoms with Crippen molar-refractivity contribution in [1.29, 1.82) is 0 Å². The monoisotopic (exact) mass is 547 g/mol. The van der Waals surface area contributed by atoms with Gasteiger partial charge in [0.1, 0.15) is 6.61 Å². The van der Waals surface area contributed by atoms with Crippen LogP contribution in [0.3, 0.4) is 0 Å². The third-order valence-electron chi connectivity index (χ3n) is 7.20. The summed E-state index contributed by atoms with van der Waals surface area (Å²) in [5.41, 5.74) is 3.51. The summed E-state index contributed by atoms with van der Waals surface area (Å²) in [5, 5.41) is 0. The first-order chi connectivity index (χ1) is 18.1. The Morgan fingerprint density at radius 3 is 2.39 bits per heavy atom. The fourth-order valence-corrected chi connectivity index (χ4v) is 5.70. The first-order valence-corrected chi connectivity index (χ1v) is 15.0. The molecule has 0 spiro atoms. The van der Waals surface area contributed by atoms with E-state index in [2.05, 4.69) is 53.5 Å².